The molecule has 0 unspecified atom stereocenters. The van der Waals surface area contributed by atoms with Gasteiger partial charge >= 0.3 is 0 Å². The van der Waals surface area contributed by atoms with Crippen molar-refractivity contribution in [3.05, 3.63) is 59.9 Å². The molecule has 0 saturated heterocycles. The molecule has 142 valence electrons. The van der Waals surface area contributed by atoms with Crippen molar-refractivity contribution in [2.75, 3.05) is 13.1 Å². The Morgan fingerprint density at radius 1 is 1.15 bits per heavy atom. The molecule has 1 amide bonds. The maximum atomic E-state index is 12.4. The van der Waals surface area contributed by atoms with E-state index in [1.807, 2.05) is 35.8 Å². The van der Waals surface area contributed by atoms with E-state index >= 15 is 0 Å². The van der Waals surface area contributed by atoms with Gasteiger partial charge in [0.05, 0.1) is 15.9 Å². The molecule has 0 fully saturated rings. The molecule has 3 rings (SSSR count). The second kappa shape index (κ2) is 7.89. The molecule has 1 heterocycles. The van der Waals surface area contributed by atoms with Gasteiger partial charge in [-0.2, -0.15) is 0 Å². The predicted molar refractivity (Wildman–Crippen MR) is 104 cm³/mol. The standard InChI is InChI=1S/C19H22N4O3S/c1-3-21-27(25,26)16-8-6-7-15(13-16)19(24)20-11-12-23-14(2)22-17-9-4-5-10-18(17)23/h4-10,13,21H,3,11-12H2,1-2H3,(H,20,24). The number of para-hydroxylation sites is 2. The first kappa shape index (κ1) is 19.1. The van der Waals surface area contributed by atoms with Crippen LogP contribution in [0.2, 0.25) is 0 Å². The van der Waals surface area contributed by atoms with Gasteiger partial charge in [-0.1, -0.05) is 25.1 Å². The van der Waals surface area contributed by atoms with Crippen molar-refractivity contribution in [3.8, 4) is 0 Å². The summed E-state index contributed by atoms with van der Waals surface area (Å²) in [7, 11) is -3.59. The van der Waals surface area contributed by atoms with Crippen molar-refractivity contribution in [3.63, 3.8) is 0 Å². The number of carbonyl (C=O) groups excluding carboxylic acids is 1. The number of benzene rings is 2. The molecule has 7 nitrogen and oxygen atoms in total. The molecule has 0 saturated carbocycles. The van der Waals surface area contributed by atoms with Crippen LogP contribution in [0.25, 0.3) is 11.0 Å². The fraction of sp³-hybridized carbons (Fsp3) is 0.263. The summed E-state index contributed by atoms with van der Waals surface area (Å²) in [6, 6.07) is 13.8. The Labute approximate surface area is 158 Å². The number of imidazole rings is 1. The summed E-state index contributed by atoms with van der Waals surface area (Å²) >= 11 is 0. The van der Waals surface area contributed by atoms with E-state index in [-0.39, 0.29) is 17.3 Å². The van der Waals surface area contributed by atoms with Crippen LogP contribution in [-0.4, -0.2) is 37.0 Å². The molecule has 3 aromatic rings. The van der Waals surface area contributed by atoms with E-state index in [1.54, 1.807) is 19.1 Å². The molecule has 0 aliphatic rings. The van der Waals surface area contributed by atoms with Crippen LogP contribution in [0.4, 0.5) is 0 Å². The van der Waals surface area contributed by atoms with E-state index in [0.717, 1.165) is 16.9 Å². The minimum atomic E-state index is -3.59. The average molecular weight is 386 g/mol. The number of hydrogen-bond donors (Lipinski definition) is 2. The van der Waals surface area contributed by atoms with Crippen LogP contribution in [0, 0.1) is 6.92 Å². The number of amides is 1. The van der Waals surface area contributed by atoms with Crippen molar-refractivity contribution < 1.29 is 13.2 Å². The third-order valence-corrected chi connectivity index (χ3v) is 5.75. The number of sulfonamides is 1. The van der Waals surface area contributed by atoms with E-state index in [1.165, 1.54) is 12.1 Å². The highest BCUT2D eigenvalue weighted by Gasteiger charge is 2.15. The molecule has 2 aromatic carbocycles. The first-order valence-electron chi connectivity index (χ1n) is 8.72. The molecule has 2 N–H and O–H groups in total. The van der Waals surface area contributed by atoms with Crippen molar-refractivity contribution in [2.45, 2.75) is 25.3 Å². The summed E-state index contributed by atoms with van der Waals surface area (Å²) in [5.41, 5.74) is 2.24. The zero-order chi connectivity index (χ0) is 19.4. The Kier molecular flexibility index (Phi) is 5.57. The minimum Gasteiger partial charge on any atom is -0.350 e. The van der Waals surface area contributed by atoms with E-state index in [4.69, 9.17) is 0 Å². The van der Waals surface area contributed by atoms with Crippen molar-refractivity contribution in [1.82, 2.24) is 19.6 Å². The molecule has 0 aliphatic heterocycles. The van der Waals surface area contributed by atoms with Gasteiger partial charge in [-0.05, 0) is 37.3 Å². The number of carbonyl (C=O) groups is 1. The minimum absolute atomic E-state index is 0.0773. The van der Waals surface area contributed by atoms with Crippen LogP contribution < -0.4 is 10.0 Å². The van der Waals surface area contributed by atoms with Gasteiger partial charge < -0.3 is 9.88 Å². The largest absolute Gasteiger partial charge is 0.350 e. The molecular formula is C19H22N4O3S. The summed E-state index contributed by atoms with van der Waals surface area (Å²) in [6.07, 6.45) is 0. The molecule has 0 radical (unpaired) electrons. The second-order valence-corrected chi connectivity index (χ2v) is 7.85. The molecule has 8 heteroatoms. The number of rotatable bonds is 7. The lowest BCUT2D eigenvalue weighted by Gasteiger charge is -2.10. The summed E-state index contributed by atoms with van der Waals surface area (Å²) in [4.78, 5) is 17.0. The summed E-state index contributed by atoms with van der Waals surface area (Å²) in [6.45, 7) is 4.90. The Balaban J connectivity index is 1.69. The van der Waals surface area contributed by atoms with E-state index in [2.05, 4.69) is 15.0 Å². The number of hydrogen-bond acceptors (Lipinski definition) is 4. The van der Waals surface area contributed by atoms with Crippen LogP contribution in [0.1, 0.15) is 23.1 Å². The van der Waals surface area contributed by atoms with Crippen LogP contribution in [0.3, 0.4) is 0 Å². The summed E-state index contributed by atoms with van der Waals surface area (Å²) in [5, 5.41) is 2.84. The number of nitrogens with one attached hydrogen (secondary N) is 2. The quantitative estimate of drug-likeness (QED) is 0.650. The number of aromatic nitrogens is 2. The predicted octanol–water partition coefficient (Wildman–Crippen LogP) is 2.07. The van der Waals surface area contributed by atoms with E-state index in [0.29, 0.717) is 18.7 Å². The normalized spacial score (nSPS) is 11.6. The maximum Gasteiger partial charge on any atom is 0.251 e. The van der Waals surface area contributed by atoms with Crippen LogP contribution in [0.5, 0.6) is 0 Å². The maximum absolute atomic E-state index is 12.4. The zero-order valence-electron chi connectivity index (χ0n) is 15.3. The molecule has 27 heavy (non-hydrogen) atoms. The highest BCUT2D eigenvalue weighted by Crippen LogP contribution is 2.15. The first-order valence-corrected chi connectivity index (χ1v) is 10.2. The Hall–Kier alpha value is -2.71. The SMILES string of the molecule is CCNS(=O)(=O)c1cccc(C(=O)NCCn2c(C)nc3ccccc32)c1. The Bertz CT molecular complexity index is 1070. The van der Waals surface area contributed by atoms with Crippen LogP contribution >= 0.6 is 0 Å². The molecular weight excluding hydrogens is 364 g/mol. The van der Waals surface area contributed by atoms with E-state index in [9.17, 15) is 13.2 Å². The van der Waals surface area contributed by atoms with Crippen LogP contribution in [0.15, 0.2) is 53.4 Å². The molecule has 0 spiro atoms. The molecule has 0 bridgehead atoms. The molecule has 1 aromatic heterocycles. The van der Waals surface area contributed by atoms with Gasteiger partial charge in [0.25, 0.3) is 5.91 Å². The topological polar surface area (TPSA) is 93.1 Å². The zero-order valence-corrected chi connectivity index (χ0v) is 16.1. The van der Waals surface area contributed by atoms with Gasteiger partial charge in [0, 0.05) is 25.2 Å². The second-order valence-electron chi connectivity index (χ2n) is 6.08. The lowest BCUT2D eigenvalue weighted by Crippen LogP contribution is -2.28. The van der Waals surface area contributed by atoms with Gasteiger partial charge in [0.15, 0.2) is 0 Å². The van der Waals surface area contributed by atoms with Gasteiger partial charge in [0.1, 0.15) is 5.82 Å². The Morgan fingerprint density at radius 2 is 1.93 bits per heavy atom. The number of aryl methyl sites for hydroxylation is 1. The lowest BCUT2D eigenvalue weighted by atomic mass is 10.2. The first-order chi connectivity index (χ1) is 12.9. The third kappa shape index (κ3) is 4.17. The number of fused-ring (bicyclic) bond motifs is 1. The van der Waals surface area contributed by atoms with Crippen molar-refractivity contribution in [1.29, 1.82) is 0 Å². The van der Waals surface area contributed by atoms with Crippen LogP contribution in [-0.2, 0) is 16.6 Å². The number of nitrogens with zero attached hydrogens (tertiary/aromatic N) is 2. The van der Waals surface area contributed by atoms with Gasteiger partial charge in [-0.3, -0.25) is 4.79 Å². The van der Waals surface area contributed by atoms with Gasteiger partial charge in [0.2, 0.25) is 10.0 Å². The molecule has 0 aliphatic carbocycles. The monoisotopic (exact) mass is 386 g/mol. The van der Waals surface area contributed by atoms with Gasteiger partial charge in [-0.15, -0.1) is 0 Å². The summed E-state index contributed by atoms with van der Waals surface area (Å²) < 4.78 is 28.6. The van der Waals surface area contributed by atoms with Crippen molar-refractivity contribution in [2.24, 2.45) is 0 Å². The van der Waals surface area contributed by atoms with Gasteiger partial charge in [-0.25, -0.2) is 18.1 Å². The highest BCUT2D eigenvalue weighted by molar-refractivity contribution is 7.89. The molecule has 0 atom stereocenters. The van der Waals surface area contributed by atoms with E-state index < -0.39 is 10.0 Å². The Morgan fingerprint density at radius 3 is 2.70 bits per heavy atom. The fourth-order valence-electron chi connectivity index (χ4n) is 2.94. The average Bonchev–Trinajstić information content (AvgIpc) is 2.97. The van der Waals surface area contributed by atoms with Crippen molar-refractivity contribution >= 4 is 27.0 Å². The smallest absolute Gasteiger partial charge is 0.251 e. The fourth-order valence-corrected chi connectivity index (χ4v) is 4.03. The third-order valence-electron chi connectivity index (χ3n) is 4.21. The lowest BCUT2D eigenvalue weighted by molar-refractivity contribution is 0.0952. The highest BCUT2D eigenvalue weighted by atomic mass is 32.2. The summed E-state index contributed by atoms with van der Waals surface area (Å²) in [5.74, 6) is 0.565.